The summed E-state index contributed by atoms with van der Waals surface area (Å²) in [5.41, 5.74) is 1.42. The quantitative estimate of drug-likeness (QED) is 0.568. The normalized spacial score (nSPS) is 30.8. The molecule has 0 saturated heterocycles. The summed E-state index contributed by atoms with van der Waals surface area (Å²) in [7, 11) is 0. The first-order valence-electron chi connectivity index (χ1n) is 10.1. The van der Waals surface area contributed by atoms with Crippen LogP contribution in [0.3, 0.4) is 0 Å². The Morgan fingerprint density at radius 1 is 0.792 bits per heavy atom. The molecule has 132 valence electrons. The van der Waals surface area contributed by atoms with Crippen LogP contribution in [0.4, 0.5) is 0 Å². The summed E-state index contributed by atoms with van der Waals surface area (Å²) in [4.78, 5) is 0. The first-order valence-corrected chi connectivity index (χ1v) is 10.1. The summed E-state index contributed by atoms with van der Waals surface area (Å²) in [6.07, 6.45) is 17.5. The van der Waals surface area contributed by atoms with Crippen molar-refractivity contribution in [2.45, 2.75) is 76.5 Å². The van der Waals surface area contributed by atoms with E-state index in [0.717, 1.165) is 23.7 Å². The lowest BCUT2D eigenvalue weighted by atomic mass is 9.74. The number of hydrogen-bond donors (Lipinski definition) is 1. The van der Waals surface area contributed by atoms with Crippen LogP contribution >= 0.6 is 0 Å². The highest BCUT2D eigenvalue weighted by molar-refractivity contribution is 5.28. The smallest absolute Gasteiger partial charge is 0.115 e. The van der Waals surface area contributed by atoms with Gasteiger partial charge in [0, 0.05) is 0 Å². The van der Waals surface area contributed by atoms with Crippen molar-refractivity contribution < 1.29 is 5.11 Å². The van der Waals surface area contributed by atoms with Gasteiger partial charge in [-0.1, -0.05) is 43.9 Å². The highest BCUT2D eigenvalue weighted by Crippen LogP contribution is 2.40. The average molecular weight is 327 g/mol. The van der Waals surface area contributed by atoms with Crippen molar-refractivity contribution in [2.24, 2.45) is 17.8 Å². The molecule has 1 N–H and O–H groups in total. The second kappa shape index (κ2) is 8.74. The van der Waals surface area contributed by atoms with Gasteiger partial charge in [-0.2, -0.15) is 0 Å². The summed E-state index contributed by atoms with van der Waals surface area (Å²) < 4.78 is 0. The van der Waals surface area contributed by atoms with Crippen molar-refractivity contribution in [3.63, 3.8) is 0 Å². The fourth-order valence-electron chi connectivity index (χ4n) is 4.99. The SMILES string of the molecule is C=CC[C@H]1CC[C@H](CCC2CCC(c3ccc(O)cc3)CC2)CC1. The number of rotatable bonds is 6. The molecule has 0 atom stereocenters. The van der Waals surface area contributed by atoms with Crippen LogP contribution in [-0.4, -0.2) is 5.11 Å². The van der Waals surface area contributed by atoms with E-state index >= 15 is 0 Å². The molecule has 0 radical (unpaired) electrons. The molecule has 1 nitrogen and oxygen atoms in total. The lowest BCUT2D eigenvalue weighted by molar-refractivity contribution is 0.231. The van der Waals surface area contributed by atoms with E-state index in [1.54, 1.807) is 0 Å². The standard InChI is InChI=1S/C23H34O/c1-2-3-18-4-6-19(7-5-18)8-9-20-10-12-21(13-11-20)22-14-16-23(24)17-15-22/h2,14-21,24H,1,3-13H2/t18-,19-,20?,21?. The van der Waals surface area contributed by atoms with Gasteiger partial charge >= 0.3 is 0 Å². The van der Waals surface area contributed by atoms with Crippen LogP contribution in [-0.2, 0) is 0 Å². The van der Waals surface area contributed by atoms with Gasteiger partial charge in [0.15, 0.2) is 0 Å². The zero-order chi connectivity index (χ0) is 16.8. The van der Waals surface area contributed by atoms with Gasteiger partial charge < -0.3 is 5.11 Å². The zero-order valence-corrected chi connectivity index (χ0v) is 15.1. The van der Waals surface area contributed by atoms with Gasteiger partial charge in [0.2, 0.25) is 0 Å². The Hall–Kier alpha value is -1.24. The van der Waals surface area contributed by atoms with Crippen molar-refractivity contribution in [1.29, 1.82) is 0 Å². The van der Waals surface area contributed by atoms with Crippen molar-refractivity contribution in [3.8, 4) is 5.75 Å². The maximum absolute atomic E-state index is 9.43. The lowest BCUT2D eigenvalue weighted by Crippen LogP contribution is -2.17. The number of allylic oxidation sites excluding steroid dienone is 1. The Morgan fingerprint density at radius 2 is 1.29 bits per heavy atom. The second-order valence-electron chi connectivity index (χ2n) is 8.30. The van der Waals surface area contributed by atoms with E-state index in [-0.39, 0.29) is 0 Å². The van der Waals surface area contributed by atoms with Crippen LogP contribution < -0.4 is 0 Å². The lowest BCUT2D eigenvalue weighted by Gasteiger charge is -2.32. The molecule has 0 spiro atoms. The molecule has 0 amide bonds. The van der Waals surface area contributed by atoms with Crippen molar-refractivity contribution in [3.05, 3.63) is 42.5 Å². The molecule has 2 aliphatic rings. The molecule has 2 saturated carbocycles. The second-order valence-corrected chi connectivity index (χ2v) is 8.30. The largest absolute Gasteiger partial charge is 0.508 e. The molecule has 3 rings (SSSR count). The van der Waals surface area contributed by atoms with Gasteiger partial charge in [-0.05, 0) is 86.3 Å². The third kappa shape index (κ3) is 4.88. The number of benzene rings is 1. The van der Waals surface area contributed by atoms with Crippen LogP contribution in [0, 0.1) is 17.8 Å². The van der Waals surface area contributed by atoms with Gasteiger partial charge in [-0.25, -0.2) is 0 Å². The number of phenols is 1. The molecular formula is C23H34O. The Morgan fingerprint density at radius 3 is 1.83 bits per heavy atom. The fourth-order valence-corrected chi connectivity index (χ4v) is 4.99. The highest BCUT2D eigenvalue weighted by atomic mass is 16.3. The Labute approximate surface area is 148 Å². The summed E-state index contributed by atoms with van der Waals surface area (Å²) in [6.45, 7) is 3.89. The topological polar surface area (TPSA) is 20.2 Å². The summed E-state index contributed by atoms with van der Waals surface area (Å²) in [5, 5.41) is 9.43. The van der Waals surface area contributed by atoms with Gasteiger partial charge in [-0.15, -0.1) is 6.58 Å². The molecule has 0 aromatic heterocycles. The van der Waals surface area contributed by atoms with E-state index in [0.29, 0.717) is 5.75 Å². The molecule has 1 aromatic carbocycles. The molecule has 2 aliphatic carbocycles. The minimum Gasteiger partial charge on any atom is -0.508 e. The molecule has 0 heterocycles. The van der Waals surface area contributed by atoms with Gasteiger partial charge in [0.1, 0.15) is 5.75 Å². The van der Waals surface area contributed by atoms with E-state index in [1.165, 1.54) is 76.2 Å². The van der Waals surface area contributed by atoms with Crippen LogP contribution in [0.1, 0.15) is 82.1 Å². The summed E-state index contributed by atoms with van der Waals surface area (Å²) in [5.74, 6) is 4.00. The third-order valence-corrected chi connectivity index (χ3v) is 6.66. The number of hydrogen-bond acceptors (Lipinski definition) is 1. The fraction of sp³-hybridized carbons (Fsp3) is 0.652. The molecule has 0 aliphatic heterocycles. The van der Waals surface area contributed by atoms with Crippen LogP contribution in [0.25, 0.3) is 0 Å². The first-order chi connectivity index (χ1) is 11.7. The third-order valence-electron chi connectivity index (χ3n) is 6.66. The first kappa shape index (κ1) is 17.6. The Balaban J connectivity index is 1.35. The van der Waals surface area contributed by atoms with E-state index in [9.17, 15) is 5.11 Å². The minimum atomic E-state index is 0.384. The molecular weight excluding hydrogens is 292 g/mol. The Kier molecular flexibility index (Phi) is 6.40. The van der Waals surface area contributed by atoms with Gasteiger partial charge in [0.05, 0.1) is 0 Å². The average Bonchev–Trinajstić information content (AvgIpc) is 2.63. The van der Waals surface area contributed by atoms with Crippen molar-refractivity contribution in [2.75, 3.05) is 0 Å². The Bertz CT molecular complexity index is 487. The van der Waals surface area contributed by atoms with E-state index in [2.05, 4.69) is 24.8 Å². The monoisotopic (exact) mass is 326 g/mol. The van der Waals surface area contributed by atoms with Gasteiger partial charge in [0.25, 0.3) is 0 Å². The maximum Gasteiger partial charge on any atom is 0.115 e. The zero-order valence-electron chi connectivity index (χ0n) is 15.1. The highest BCUT2D eigenvalue weighted by Gasteiger charge is 2.25. The number of aromatic hydroxyl groups is 1. The van der Waals surface area contributed by atoms with Crippen LogP contribution in [0.5, 0.6) is 5.75 Å². The summed E-state index contributed by atoms with van der Waals surface area (Å²) in [6, 6.07) is 7.90. The van der Waals surface area contributed by atoms with E-state index < -0.39 is 0 Å². The summed E-state index contributed by atoms with van der Waals surface area (Å²) >= 11 is 0. The minimum absolute atomic E-state index is 0.384. The van der Waals surface area contributed by atoms with Gasteiger partial charge in [-0.3, -0.25) is 0 Å². The molecule has 1 aromatic rings. The van der Waals surface area contributed by atoms with E-state index in [1.807, 2.05) is 12.1 Å². The van der Waals surface area contributed by atoms with Crippen LogP contribution in [0.15, 0.2) is 36.9 Å². The molecule has 0 unspecified atom stereocenters. The van der Waals surface area contributed by atoms with Crippen molar-refractivity contribution in [1.82, 2.24) is 0 Å². The molecule has 1 heteroatoms. The molecule has 24 heavy (non-hydrogen) atoms. The number of phenolic OH excluding ortho intramolecular Hbond substituents is 1. The predicted molar refractivity (Wildman–Crippen MR) is 102 cm³/mol. The predicted octanol–water partition coefficient (Wildman–Crippen LogP) is 6.83. The van der Waals surface area contributed by atoms with E-state index in [4.69, 9.17) is 0 Å². The molecule has 2 fully saturated rings. The van der Waals surface area contributed by atoms with Crippen LogP contribution in [0.2, 0.25) is 0 Å². The van der Waals surface area contributed by atoms with Crippen molar-refractivity contribution >= 4 is 0 Å². The maximum atomic E-state index is 9.43. The molecule has 0 bridgehead atoms.